The minimum atomic E-state index is 0.321. The van der Waals surface area contributed by atoms with Gasteiger partial charge in [-0.2, -0.15) is 0 Å². The highest BCUT2D eigenvalue weighted by Gasteiger charge is 2.21. The number of nitrogens with zero attached hydrogens (tertiary/aromatic N) is 3. The molecular weight excluding hydrogens is 180 g/mol. The molecule has 0 spiro atoms. The molecule has 1 aromatic rings. The third kappa shape index (κ3) is 1.78. The van der Waals surface area contributed by atoms with E-state index in [1.807, 2.05) is 10.9 Å². The minimum Gasteiger partial charge on any atom is -0.384 e. The first kappa shape index (κ1) is 9.61. The third-order valence-electron chi connectivity index (χ3n) is 2.58. The second-order valence-corrected chi connectivity index (χ2v) is 3.79. The zero-order chi connectivity index (χ0) is 9.97. The van der Waals surface area contributed by atoms with Crippen molar-refractivity contribution in [2.24, 2.45) is 0 Å². The molecule has 1 aromatic heterocycles. The first-order valence-electron chi connectivity index (χ1n) is 4.92. The van der Waals surface area contributed by atoms with Crippen LogP contribution >= 0.6 is 0 Å². The molecule has 0 aromatic carbocycles. The van der Waals surface area contributed by atoms with Gasteiger partial charge in [0.1, 0.15) is 0 Å². The zero-order valence-electron chi connectivity index (χ0n) is 8.60. The second-order valence-electron chi connectivity index (χ2n) is 3.79. The molecule has 1 unspecified atom stereocenters. The van der Waals surface area contributed by atoms with Crippen LogP contribution in [0.4, 0.5) is 0 Å². The number of aromatic nitrogens is 3. The van der Waals surface area contributed by atoms with Gasteiger partial charge in [-0.3, -0.25) is 0 Å². The fourth-order valence-corrected chi connectivity index (χ4v) is 1.49. The lowest BCUT2D eigenvalue weighted by Crippen LogP contribution is -2.43. The molecule has 1 fully saturated rings. The van der Waals surface area contributed by atoms with E-state index in [1.165, 1.54) is 0 Å². The maximum Gasteiger partial charge on any atom is 0.0878 e. The van der Waals surface area contributed by atoms with Crippen LogP contribution in [0.15, 0.2) is 6.20 Å². The highest BCUT2D eigenvalue weighted by molar-refractivity contribution is 5.01. The van der Waals surface area contributed by atoms with Crippen LogP contribution in [0.1, 0.15) is 24.6 Å². The molecule has 0 saturated carbocycles. The summed E-state index contributed by atoms with van der Waals surface area (Å²) in [5, 5.41) is 11.5. The van der Waals surface area contributed by atoms with Crippen LogP contribution in [-0.2, 0) is 4.74 Å². The van der Waals surface area contributed by atoms with Crippen molar-refractivity contribution in [3.63, 3.8) is 0 Å². The van der Waals surface area contributed by atoms with Crippen molar-refractivity contribution >= 4 is 0 Å². The van der Waals surface area contributed by atoms with Gasteiger partial charge >= 0.3 is 0 Å². The summed E-state index contributed by atoms with van der Waals surface area (Å²) >= 11 is 0. The highest BCUT2D eigenvalue weighted by Crippen LogP contribution is 2.15. The first-order chi connectivity index (χ1) is 6.81. The average molecular weight is 196 g/mol. The second kappa shape index (κ2) is 4.06. The van der Waals surface area contributed by atoms with Crippen molar-refractivity contribution in [2.75, 3.05) is 26.8 Å². The Morgan fingerprint density at radius 2 is 2.50 bits per heavy atom. The van der Waals surface area contributed by atoms with Crippen LogP contribution in [0.25, 0.3) is 0 Å². The Bertz CT molecular complexity index is 295. The summed E-state index contributed by atoms with van der Waals surface area (Å²) < 4.78 is 7.02. The topological polar surface area (TPSA) is 52.0 Å². The molecule has 5 heteroatoms. The van der Waals surface area contributed by atoms with Crippen molar-refractivity contribution in [1.82, 2.24) is 20.3 Å². The summed E-state index contributed by atoms with van der Waals surface area (Å²) in [6, 6.07) is 0.492. The van der Waals surface area contributed by atoms with E-state index in [0.717, 1.165) is 18.8 Å². The van der Waals surface area contributed by atoms with Gasteiger partial charge in [0.15, 0.2) is 0 Å². The van der Waals surface area contributed by atoms with Gasteiger partial charge in [-0.15, -0.1) is 5.10 Å². The van der Waals surface area contributed by atoms with Crippen LogP contribution in [0.2, 0.25) is 0 Å². The molecule has 1 aliphatic heterocycles. The summed E-state index contributed by atoms with van der Waals surface area (Å²) in [5.41, 5.74) is 1.01. The maximum atomic E-state index is 5.08. The molecule has 5 nitrogen and oxygen atoms in total. The fourth-order valence-electron chi connectivity index (χ4n) is 1.49. The van der Waals surface area contributed by atoms with E-state index in [4.69, 9.17) is 4.74 Å². The maximum absolute atomic E-state index is 5.08. The molecule has 0 radical (unpaired) electrons. The summed E-state index contributed by atoms with van der Waals surface area (Å²) in [6.45, 7) is 4.79. The number of methoxy groups -OCH3 is 1. The molecule has 14 heavy (non-hydrogen) atoms. The standard InChI is InChI=1S/C9H16N4O/c1-7(6-14-2)9-5-13(12-11-9)8-3-10-4-8/h5,7-8,10H,3-4,6H2,1-2H3. The molecule has 1 saturated heterocycles. The number of ether oxygens (including phenoxy) is 1. The molecular formula is C9H16N4O. The van der Waals surface area contributed by atoms with Gasteiger partial charge in [0.05, 0.1) is 18.3 Å². The normalized spacial score (nSPS) is 19.3. The van der Waals surface area contributed by atoms with E-state index >= 15 is 0 Å². The lowest BCUT2D eigenvalue weighted by atomic mass is 10.1. The molecule has 1 aliphatic rings. The summed E-state index contributed by atoms with van der Waals surface area (Å²) in [6.07, 6.45) is 2.02. The largest absolute Gasteiger partial charge is 0.384 e. The third-order valence-corrected chi connectivity index (χ3v) is 2.58. The Labute approximate surface area is 83.4 Å². The van der Waals surface area contributed by atoms with Gasteiger partial charge in [0.25, 0.3) is 0 Å². The van der Waals surface area contributed by atoms with Gasteiger partial charge in [-0.1, -0.05) is 12.1 Å². The van der Waals surface area contributed by atoms with Crippen molar-refractivity contribution < 1.29 is 4.74 Å². The monoisotopic (exact) mass is 196 g/mol. The molecule has 2 heterocycles. The molecule has 0 bridgehead atoms. The zero-order valence-corrected chi connectivity index (χ0v) is 8.60. The van der Waals surface area contributed by atoms with Gasteiger partial charge in [-0.05, 0) is 0 Å². The van der Waals surface area contributed by atoms with E-state index in [0.29, 0.717) is 18.6 Å². The van der Waals surface area contributed by atoms with Crippen molar-refractivity contribution in [2.45, 2.75) is 18.9 Å². The Hall–Kier alpha value is -0.940. The van der Waals surface area contributed by atoms with Gasteiger partial charge in [0, 0.05) is 32.3 Å². The number of hydrogen-bond acceptors (Lipinski definition) is 4. The van der Waals surface area contributed by atoms with Crippen LogP contribution in [0, 0.1) is 0 Å². The smallest absolute Gasteiger partial charge is 0.0878 e. The van der Waals surface area contributed by atoms with Gasteiger partial charge in [0.2, 0.25) is 0 Å². The quantitative estimate of drug-likeness (QED) is 0.746. The lowest BCUT2D eigenvalue weighted by Gasteiger charge is -2.26. The Morgan fingerprint density at radius 3 is 3.07 bits per heavy atom. The predicted octanol–water partition coefficient (Wildman–Crippen LogP) is 0.172. The Balaban J connectivity index is 2.01. The first-order valence-corrected chi connectivity index (χ1v) is 4.92. The van der Waals surface area contributed by atoms with E-state index in [2.05, 4.69) is 22.6 Å². The molecule has 2 rings (SSSR count). The molecule has 78 valence electrons. The summed E-state index contributed by atoms with van der Waals surface area (Å²) in [5.74, 6) is 0.321. The van der Waals surface area contributed by atoms with Crippen LogP contribution in [0.5, 0.6) is 0 Å². The van der Waals surface area contributed by atoms with E-state index < -0.39 is 0 Å². The summed E-state index contributed by atoms with van der Waals surface area (Å²) in [7, 11) is 1.71. The number of rotatable bonds is 4. The van der Waals surface area contributed by atoms with Crippen molar-refractivity contribution in [3.8, 4) is 0 Å². The highest BCUT2D eigenvalue weighted by atomic mass is 16.5. The lowest BCUT2D eigenvalue weighted by molar-refractivity contribution is 0.183. The average Bonchev–Trinajstić information content (AvgIpc) is 2.50. The summed E-state index contributed by atoms with van der Waals surface area (Å²) in [4.78, 5) is 0. The Kier molecular flexibility index (Phi) is 2.79. The molecule has 1 atom stereocenters. The fraction of sp³-hybridized carbons (Fsp3) is 0.778. The SMILES string of the molecule is COCC(C)c1cn(C2CNC2)nn1. The van der Waals surface area contributed by atoms with E-state index in [9.17, 15) is 0 Å². The molecule has 0 amide bonds. The minimum absolute atomic E-state index is 0.321. The predicted molar refractivity (Wildman–Crippen MR) is 52.2 cm³/mol. The Morgan fingerprint density at radius 1 is 1.71 bits per heavy atom. The van der Waals surface area contributed by atoms with Crippen molar-refractivity contribution in [3.05, 3.63) is 11.9 Å². The molecule has 0 aliphatic carbocycles. The van der Waals surface area contributed by atoms with Crippen LogP contribution < -0.4 is 5.32 Å². The van der Waals surface area contributed by atoms with Crippen molar-refractivity contribution in [1.29, 1.82) is 0 Å². The molecule has 1 N–H and O–H groups in total. The number of nitrogens with one attached hydrogen (secondary N) is 1. The van der Waals surface area contributed by atoms with E-state index in [-0.39, 0.29) is 0 Å². The number of hydrogen-bond donors (Lipinski definition) is 1. The van der Waals surface area contributed by atoms with Crippen LogP contribution in [-0.4, -0.2) is 41.8 Å². The van der Waals surface area contributed by atoms with E-state index in [1.54, 1.807) is 7.11 Å². The van der Waals surface area contributed by atoms with Crippen LogP contribution in [0.3, 0.4) is 0 Å². The van der Waals surface area contributed by atoms with Gasteiger partial charge in [-0.25, -0.2) is 4.68 Å². The van der Waals surface area contributed by atoms with Gasteiger partial charge < -0.3 is 10.1 Å².